The number of aromatic nitrogens is 1. The van der Waals surface area contributed by atoms with Gasteiger partial charge in [-0.05, 0) is 12.8 Å². The highest BCUT2D eigenvalue weighted by atomic mass is 16.4. The number of carbonyl (C=O) groups is 1. The van der Waals surface area contributed by atoms with Crippen LogP contribution in [0.3, 0.4) is 0 Å². The summed E-state index contributed by atoms with van der Waals surface area (Å²) in [6.45, 7) is 6.06. The molecule has 2 rings (SSSR count). The average molecular weight is 331 g/mol. The Balaban J connectivity index is 1.81. The Labute approximate surface area is 142 Å². The van der Waals surface area contributed by atoms with Gasteiger partial charge in [0.1, 0.15) is 0 Å². The number of benzene rings is 1. The minimum Gasteiger partial charge on any atom is -0.439 e. The van der Waals surface area contributed by atoms with Crippen molar-refractivity contribution in [2.24, 2.45) is 5.92 Å². The summed E-state index contributed by atoms with van der Waals surface area (Å²) in [6.07, 6.45) is 2.48. The second kappa shape index (κ2) is 7.97. The van der Waals surface area contributed by atoms with Gasteiger partial charge in [0.05, 0.1) is 18.3 Å². The normalized spacial score (nSPS) is 14.7. The lowest BCUT2D eigenvalue weighted by molar-refractivity contribution is 0.00789. The van der Waals surface area contributed by atoms with E-state index in [1.807, 2.05) is 44.2 Å². The molecule has 6 nitrogen and oxygen atoms in total. The molecule has 2 atom stereocenters. The second-order valence-corrected chi connectivity index (χ2v) is 6.19. The minimum atomic E-state index is -0.935. The molecule has 0 fully saturated rings. The average Bonchev–Trinajstić information content (AvgIpc) is 3.07. The van der Waals surface area contributed by atoms with Gasteiger partial charge in [-0.15, -0.1) is 0 Å². The minimum absolute atomic E-state index is 0.0953. The van der Waals surface area contributed by atoms with Crippen molar-refractivity contribution in [3.63, 3.8) is 0 Å². The Morgan fingerprint density at radius 3 is 2.71 bits per heavy atom. The van der Waals surface area contributed by atoms with E-state index in [1.165, 1.54) is 0 Å². The summed E-state index contributed by atoms with van der Waals surface area (Å²) in [5.41, 5.74) is 0.000446. The van der Waals surface area contributed by atoms with E-state index in [2.05, 4.69) is 15.6 Å². The number of carbonyl (C=O) groups excluding carboxylic acids is 1. The molecule has 1 aromatic carbocycles. The first kappa shape index (κ1) is 18.0. The highest BCUT2D eigenvalue weighted by Crippen LogP contribution is 2.20. The molecule has 0 aliphatic carbocycles. The van der Waals surface area contributed by atoms with Crippen LogP contribution in [0.1, 0.15) is 33.1 Å². The fraction of sp³-hybridized carbons (Fsp3) is 0.444. The molecule has 1 heterocycles. The van der Waals surface area contributed by atoms with Crippen LogP contribution in [0, 0.1) is 5.92 Å². The molecule has 3 N–H and O–H groups in total. The Morgan fingerprint density at radius 2 is 2.04 bits per heavy atom. The van der Waals surface area contributed by atoms with Crippen LogP contribution >= 0.6 is 0 Å². The molecule has 0 bridgehead atoms. The summed E-state index contributed by atoms with van der Waals surface area (Å²) in [6, 6.07) is 9.28. The van der Waals surface area contributed by atoms with Gasteiger partial charge in [-0.1, -0.05) is 50.6 Å². The van der Waals surface area contributed by atoms with Gasteiger partial charge in [0, 0.05) is 12.1 Å². The quantitative estimate of drug-likeness (QED) is 0.728. The summed E-state index contributed by atoms with van der Waals surface area (Å²) < 4.78 is 5.62. The first-order valence-electron chi connectivity index (χ1n) is 8.16. The van der Waals surface area contributed by atoms with E-state index >= 15 is 0 Å². The van der Waals surface area contributed by atoms with Crippen molar-refractivity contribution in [3.8, 4) is 11.3 Å². The molecule has 2 aromatic rings. The van der Waals surface area contributed by atoms with Gasteiger partial charge < -0.3 is 20.2 Å². The van der Waals surface area contributed by atoms with E-state index in [0.717, 1.165) is 12.0 Å². The molecular formula is C18H25N3O3. The van der Waals surface area contributed by atoms with Crippen molar-refractivity contribution < 1.29 is 14.3 Å². The van der Waals surface area contributed by atoms with Crippen LogP contribution in [0.5, 0.6) is 0 Å². The van der Waals surface area contributed by atoms with Crippen molar-refractivity contribution in [1.29, 1.82) is 0 Å². The topological polar surface area (TPSA) is 87.4 Å². The number of oxazole rings is 1. The molecule has 130 valence electrons. The first-order chi connectivity index (χ1) is 11.4. The highest BCUT2D eigenvalue weighted by molar-refractivity contribution is 5.73. The Hall–Kier alpha value is -2.34. The molecule has 2 unspecified atom stereocenters. The second-order valence-electron chi connectivity index (χ2n) is 6.19. The summed E-state index contributed by atoms with van der Waals surface area (Å²) in [4.78, 5) is 16.0. The lowest BCUT2D eigenvalue weighted by Crippen LogP contribution is -2.47. The number of hydrogen-bond donors (Lipinski definition) is 3. The molecule has 0 aliphatic heterocycles. The SMILES string of the molecule is CCC(C)C(C)(O)CNC(=O)NCc1ncc(-c2ccccc2)o1. The third-order valence-electron chi connectivity index (χ3n) is 4.29. The molecule has 0 aliphatic rings. The third kappa shape index (κ3) is 4.83. The van der Waals surface area contributed by atoms with E-state index in [4.69, 9.17) is 4.42 Å². The third-order valence-corrected chi connectivity index (χ3v) is 4.29. The van der Waals surface area contributed by atoms with E-state index in [-0.39, 0.29) is 25.0 Å². The van der Waals surface area contributed by atoms with Crippen LogP contribution in [0.25, 0.3) is 11.3 Å². The maximum Gasteiger partial charge on any atom is 0.315 e. The molecule has 1 aromatic heterocycles. The Morgan fingerprint density at radius 1 is 1.33 bits per heavy atom. The largest absolute Gasteiger partial charge is 0.439 e. The Kier molecular flexibility index (Phi) is 5.98. The number of urea groups is 1. The number of aliphatic hydroxyl groups is 1. The van der Waals surface area contributed by atoms with Gasteiger partial charge in [0.15, 0.2) is 5.76 Å². The van der Waals surface area contributed by atoms with Gasteiger partial charge >= 0.3 is 6.03 Å². The molecule has 24 heavy (non-hydrogen) atoms. The predicted octanol–water partition coefficient (Wildman–Crippen LogP) is 2.94. The summed E-state index contributed by atoms with van der Waals surface area (Å²) >= 11 is 0. The number of nitrogens with zero attached hydrogens (tertiary/aromatic N) is 1. The van der Waals surface area contributed by atoms with Crippen molar-refractivity contribution in [3.05, 3.63) is 42.4 Å². The number of hydrogen-bond acceptors (Lipinski definition) is 4. The fourth-order valence-corrected chi connectivity index (χ4v) is 2.22. The standard InChI is InChI=1S/C18H25N3O3/c1-4-13(2)18(3,23)12-21-17(22)20-11-16-19-10-15(24-16)14-8-6-5-7-9-14/h5-10,13,23H,4,11-12H2,1-3H3,(H2,20,21,22). The van der Waals surface area contributed by atoms with Crippen LogP contribution in [0.15, 0.2) is 40.9 Å². The van der Waals surface area contributed by atoms with E-state index in [0.29, 0.717) is 11.7 Å². The smallest absolute Gasteiger partial charge is 0.315 e. The van der Waals surface area contributed by atoms with Crippen molar-refractivity contribution in [1.82, 2.24) is 15.6 Å². The van der Waals surface area contributed by atoms with Gasteiger partial charge in [-0.25, -0.2) is 9.78 Å². The molecule has 0 saturated carbocycles. The van der Waals surface area contributed by atoms with Crippen molar-refractivity contribution >= 4 is 6.03 Å². The highest BCUT2D eigenvalue weighted by Gasteiger charge is 2.27. The lowest BCUT2D eigenvalue weighted by Gasteiger charge is -2.29. The van der Waals surface area contributed by atoms with Crippen LogP contribution < -0.4 is 10.6 Å². The zero-order chi connectivity index (χ0) is 17.6. The van der Waals surface area contributed by atoms with Crippen molar-refractivity contribution in [2.45, 2.75) is 39.3 Å². The predicted molar refractivity (Wildman–Crippen MR) is 92.3 cm³/mol. The van der Waals surface area contributed by atoms with Crippen LogP contribution in [0.2, 0.25) is 0 Å². The first-order valence-corrected chi connectivity index (χ1v) is 8.16. The number of amides is 2. The summed E-state index contributed by atoms with van der Waals surface area (Å²) in [5.74, 6) is 1.18. The zero-order valence-corrected chi connectivity index (χ0v) is 14.4. The molecule has 2 amide bonds. The van der Waals surface area contributed by atoms with Gasteiger partial charge in [-0.2, -0.15) is 0 Å². The molecule has 0 radical (unpaired) electrons. The molecule has 6 heteroatoms. The van der Waals surface area contributed by atoms with E-state index in [9.17, 15) is 9.90 Å². The van der Waals surface area contributed by atoms with Crippen LogP contribution in [-0.2, 0) is 6.54 Å². The van der Waals surface area contributed by atoms with Gasteiger partial charge in [-0.3, -0.25) is 0 Å². The molecule has 0 saturated heterocycles. The maximum atomic E-state index is 11.8. The molecule has 0 spiro atoms. The monoisotopic (exact) mass is 331 g/mol. The van der Waals surface area contributed by atoms with E-state index in [1.54, 1.807) is 13.1 Å². The summed E-state index contributed by atoms with van der Waals surface area (Å²) in [5, 5.41) is 15.6. The maximum absolute atomic E-state index is 11.8. The zero-order valence-electron chi connectivity index (χ0n) is 14.4. The Bertz CT molecular complexity index is 653. The van der Waals surface area contributed by atoms with Crippen LogP contribution in [0.4, 0.5) is 4.79 Å². The van der Waals surface area contributed by atoms with Crippen molar-refractivity contribution in [2.75, 3.05) is 6.54 Å². The number of rotatable bonds is 7. The van der Waals surface area contributed by atoms with Crippen LogP contribution in [-0.4, -0.2) is 28.3 Å². The van der Waals surface area contributed by atoms with Gasteiger partial charge in [0.2, 0.25) is 5.89 Å². The number of nitrogens with one attached hydrogen (secondary N) is 2. The summed E-state index contributed by atoms with van der Waals surface area (Å²) in [7, 11) is 0. The molecular weight excluding hydrogens is 306 g/mol. The fourth-order valence-electron chi connectivity index (χ4n) is 2.22. The van der Waals surface area contributed by atoms with E-state index < -0.39 is 5.60 Å². The van der Waals surface area contributed by atoms with Gasteiger partial charge in [0.25, 0.3) is 0 Å². The lowest BCUT2D eigenvalue weighted by atomic mass is 9.89.